The van der Waals surface area contributed by atoms with Crippen LogP contribution in [-0.4, -0.2) is 19.0 Å². The molecule has 3 atom stereocenters. The first-order valence-corrected chi connectivity index (χ1v) is 9.94. The Hall–Kier alpha value is -0.600. The van der Waals surface area contributed by atoms with Gasteiger partial charge in [-0.25, -0.2) is 0 Å². The Bertz CT molecular complexity index is 581. The summed E-state index contributed by atoms with van der Waals surface area (Å²) in [5.74, 6) is 0.268. The second-order valence-corrected chi connectivity index (χ2v) is 9.55. The molecule has 3 aliphatic carbocycles. The van der Waals surface area contributed by atoms with Crippen molar-refractivity contribution in [2.24, 2.45) is 22.2 Å². The van der Waals surface area contributed by atoms with Crippen molar-refractivity contribution >= 4 is 0 Å². The number of ether oxygens (including phenoxy) is 2. The van der Waals surface area contributed by atoms with Gasteiger partial charge in [0.15, 0.2) is 5.79 Å². The summed E-state index contributed by atoms with van der Waals surface area (Å²) in [6.07, 6.45) is 11.2. The molecule has 3 fully saturated rings. The Kier molecular flexibility index (Phi) is 3.65. The number of hydrogen-bond donors (Lipinski definition) is 0. The van der Waals surface area contributed by atoms with E-state index < -0.39 is 0 Å². The van der Waals surface area contributed by atoms with Crippen molar-refractivity contribution in [3.63, 3.8) is 0 Å². The molecule has 1 heterocycles. The fraction of sp³-hybridized carbons (Fsp3) is 0.818. The standard InChI is InChI=1S/C22H34O2/c1-16(2)21-10-7-6-8-18(21)20(5)12-13-22(23-14-15-24-22)19(3,4)17(20)9-11-21/h8,17H,1,6-7,9-15H2,2-5H3/t17-,20-,21+/m0/s1. The zero-order chi connectivity index (χ0) is 17.2. The maximum Gasteiger partial charge on any atom is 0.173 e. The molecule has 0 aromatic heterocycles. The fourth-order valence-corrected chi connectivity index (χ4v) is 7.02. The third kappa shape index (κ3) is 1.90. The van der Waals surface area contributed by atoms with Gasteiger partial charge < -0.3 is 9.47 Å². The highest BCUT2D eigenvalue weighted by molar-refractivity contribution is 5.38. The van der Waals surface area contributed by atoms with E-state index in [0.29, 0.717) is 5.92 Å². The first-order valence-electron chi connectivity index (χ1n) is 9.94. The van der Waals surface area contributed by atoms with Gasteiger partial charge in [0.05, 0.1) is 13.2 Å². The number of fused-ring (bicyclic) bond motifs is 3. The molecule has 4 aliphatic rings. The first kappa shape index (κ1) is 16.8. The highest BCUT2D eigenvalue weighted by Gasteiger charge is 2.66. The van der Waals surface area contributed by atoms with Crippen molar-refractivity contribution in [3.05, 3.63) is 23.8 Å². The minimum Gasteiger partial charge on any atom is -0.347 e. The Morgan fingerprint density at radius 2 is 1.79 bits per heavy atom. The molecule has 0 radical (unpaired) electrons. The van der Waals surface area contributed by atoms with Crippen LogP contribution in [0.4, 0.5) is 0 Å². The van der Waals surface area contributed by atoms with E-state index in [1.165, 1.54) is 44.1 Å². The van der Waals surface area contributed by atoms with Crippen molar-refractivity contribution in [2.45, 2.75) is 78.4 Å². The van der Waals surface area contributed by atoms with Crippen LogP contribution < -0.4 is 0 Å². The van der Waals surface area contributed by atoms with Crippen molar-refractivity contribution in [1.29, 1.82) is 0 Å². The zero-order valence-corrected chi connectivity index (χ0v) is 16.0. The SMILES string of the molecule is C=C(C)[C@]12CCCC=C1[C@@]1(C)CCC3(OCCO3)C(C)(C)[C@@H]1CC2. The number of hydrogen-bond acceptors (Lipinski definition) is 2. The minimum atomic E-state index is -0.352. The Balaban J connectivity index is 1.79. The van der Waals surface area contributed by atoms with Gasteiger partial charge in [0.1, 0.15) is 0 Å². The lowest BCUT2D eigenvalue weighted by molar-refractivity contribution is -0.284. The number of rotatable bonds is 1. The highest BCUT2D eigenvalue weighted by Crippen LogP contribution is 2.70. The molecular weight excluding hydrogens is 296 g/mol. The minimum absolute atomic E-state index is 0.0516. The summed E-state index contributed by atoms with van der Waals surface area (Å²) in [5.41, 5.74) is 3.68. The molecule has 2 heteroatoms. The van der Waals surface area contributed by atoms with E-state index in [-0.39, 0.29) is 22.0 Å². The normalized spacial score (nSPS) is 43.0. The van der Waals surface area contributed by atoms with Crippen LogP contribution in [-0.2, 0) is 9.47 Å². The molecule has 0 amide bonds. The first-order chi connectivity index (χ1) is 11.3. The lowest BCUT2D eigenvalue weighted by Gasteiger charge is -2.65. The second kappa shape index (κ2) is 5.20. The van der Waals surface area contributed by atoms with Gasteiger partial charge in [-0.2, -0.15) is 0 Å². The van der Waals surface area contributed by atoms with Gasteiger partial charge in [-0.05, 0) is 56.8 Å². The van der Waals surface area contributed by atoms with Crippen LogP contribution in [0.2, 0.25) is 0 Å². The van der Waals surface area contributed by atoms with Gasteiger partial charge in [-0.1, -0.05) is 44.6 Å². The van der Waals surface area contributed by atoms with Gasteiger partial charge in [-0.3, -0.25) is 0 Å². The van der Waals surface area contributed by atoms with Crippen molar-refractivity contribution in [3.8, 4) is 0 Å². The molecule has 1 aliphatic heterocycles. The summed E-state index contributed by atoms with van der Waals surface area (Å²) in [6, 6.07) is 0. The van der Waals surface area contributed by atoms with Gasteiger partial charge in [0.25, 0.3) is 0 Å². The molecule has 134 valence electrons. The molecule has 0 bridgehead atoms. The Morgan fingerprint density at radius 1 is 1.08 bits per heavy atom. The monoisotopic (exact) mass is 330 g/mol. The van der Waals surface area contributed by atoms with E-state index in [1.807, 2.05) is 0 Å². The Morgan fingerprint density at radius 3 is 2.46 bits per heavy atom. The van der Waals surface area contributed by atoms with Crippen LogP contribution in [0.15, 0.2) is 23.8 Å². The van der Waals surface area contributed by atoms with Crippen molar-refractivity contribution in [2.75, 3.05) is 13.2 Å². The molecule has 1 spiro atoms. The summed E-state index contributed by atoms with van der Waals surface area (Å²) < 4.78 is 12.5. The van der Waals surface area contributed by atoms with Crippen LogP contribution in [0, 0.1) is 22.2 Å². The Labute approximate surface area is 147 Å². The molecule has 0 N–H and O–H groups in total. The predicted octanol–water partition coefficient (Wildman–Crippen LogP) is 5.64. The van der Waals surface area contributed by atoms with Crippen LogP contribution in [0.25, 0.3) is 0 Å². The van der Waals surface area contributed by atoms with Crippen molar-refractivity contribution < 1.29 is 9.47 Å². The van der Waals surface area contributed by atoms with Gasteiger partial charge in [0, 0.05) is 17.3 Å². The van der Waals surface area contributed by atoms with E-state index in [9.17, 15) is 0 Å². The van der Waals surface area contributed by atoms with E-state index >= 15 is 0 Å². The van der Waals surface area contributed by atoms with Crippen LogP contribution in [0.3, 0.4) is 0 Å². The van der Waals surface area contributed by atoms with Crippen molar-refractivity contribution in [1.82, 2.24) is 0 Å². The molecule has 0 aromatic rings. The molecule has 0 aromatic carbocycles. The molecule has 0 unspecified atom stereocenters. The summed E-state index contributed by atoms with van der Waals surface area (Å²) in [7, 11) is 0. The molecule has 2 saturated carbocycles. The smallest absolute Gasteiger partial charge is 0.173 e. The second-order valence-electron chi connectivity index (χ2n) is 9.55. The van der Waals surface area contributed by atoms with Gasteiger partial charge in [-0.15, -0.1) is 0 Å². The molecule has 2 nitrogen and oxygen atoms in total. The van der Waals surface area contributed by atoms with E-state index in [4.69, 9.17) is 9.47 Å². The summed E-state index contributed by atoms with van der Waals surface area (Å²) in [4.78, 5) is 0. The maximum atomic E-state index is 6.24. The van der Waals surface area contributed by atoms with Gasteiger partial charge in [0.2, 0.25) is 0 Å². The van der Waals surface area contributed by atoms with E-state index in [0.717, 1.165) is 19.6 Å². The summed E-state index contributed by atoms with van der Waals surface area (Å²) in [5, 5.41) is 0. The predicted molar refractivity (Wildman–Crippen MR) is 97.7 cm³/mol. The zero-order valence-electron chi connectivity index (χ0n) is 16.0. The number of allylic oxidation sites excluding steroid dienone is 3. The van der Waals surface area contributed by atoms with E-state index in [2.05, 4.69) is 40.3 Å². The molecule has 4 rings (SSSR count). The molecular formula is C22H34O2. The highest BCUT2D eigenvalue weighted by atomic mass is 16.7. The fourth-order valence-electron chi connectivity index (χ4n) is 7.02. The van der Waals surface area contributed by atoms with E-state index in [1.54, 1.807) is 5.57 Å². The van der Waals surface area contributed by atoms with Gasteiger partial charge >= 0.3 is 0 Å². The lowest BCUT2D eigenvalue weighted by atomic mass is 9.42. The van der Waals surface area contributed by atoms with Crippen LogP contribution in [0.1, 0.15) is 72.6 Å². The average molecular weight is 331 g/mol. The average Bonchev–Trinajstić information content (AvgIpc) is 3.02. The third-order valence-electron chi connectivity index (χ3n) is 8.31. The summed E-state index contributed by atoms with van der Waals surface area (Å²) in [6.45, 7) is 15.6. The quantitative estimate of drug-likeness (QED) is 0.579. The summed E-state index contributed by atoms with van der Waals surface area (Å²) >= 11 is 0. The largest absolute Gasteiger partial charge is 0.347 e. The maximum absolute atomic E-state index is 6.24. The van der Waals surface area contributed by atoms with Crippen LogP contribution >= 0.6 is 0 Å². The third-order valence-corrected chi connectivity index (χ3v) is 8.31. The molecule has 1 saturated heterocycles. The topological polar surface area (TPSA) is 18.5 Å². The molecule has 24 heavy (non-hydrogen) atoms. The van der Waals surface area contributed by atoms with Crippen LogP contribution in [0.5, 0.6) is 0 Å². The lowest BCUT2D eigenvalue weighted by Crippen LogP contribution is -2.62.